The molecule has 2 aromatic heterocycles. The van der Waals surface area contributed by atoms with Crippen molar-refractivity contribution < 1.29 is 4.79 Å². The first kappa shape index (κ1) is 19.1. The van der Waals surface area contributed by atoms with Gasteiger partial charge in [-0.15, -0.1) is 11.8 Å². The molecule has 8 heteroatoms. The van der Waals surface area contributed by atoms with Crippen LogP contribution in [0.25, 0.3) is 11.0 Å². The number of amides is 1. The van der Waals surface area contributed by atoms with E-state index in [1.165, 1.54) is 0 Å². The molecule has 0 spiro atoms. The lowest BCUT2D eigenvalue weighted by Crippen LogP contribution is -2.41. The average molecular weight is 421 g/mol. The molecule has 0 radical (unpaired) electrons. The number of rotatable bonds is 5. The third-order valence-corrected chi connectivity index (χ3v) is 6.63. The van der Waals surface area contributed by atoms with Crippen molar-refractivity contribution in [2.45, 2.75) is 24.9 Å². The summed E-state index contributed by atoms with van der Waals surface area (Å²) >= 11 is 1.59. The molecule has 30 heavy (non-hydrogen) atoms. The fourth-order valence-corrected chi connectivity index (χ4v) is 5.06. The molecular weight excluding hydrogens is 396 g/mol. The highest BCUT2D eigenvalue weighted by Gasteiger charge is 2.29. The number of nitrogens with one attached hydrogen (secondary N) is 3. The van der Waals surface area contributed by atoms with Crippen molar-refractivity contribution in [3.05, 3.63) is 65.6 Å². The monoisotopic (exact) mass is 420 g/mol. The van der Waals surface area contributed by atoms with Crippen LogP contribution in [-0.4, -0.2) is 45.7 Å². The van der Waals surface area contributed by atoms with E-state index in [-0.39, 0.29) is 18.0 Å². The van der Waals surface area contributed by atoms with Gasteiger partial charge in [-0.1, -0.05) is 30.3 Å². The van der Waals surface area contributed by atoms with Gasteiger partial charge in [-0.2, -0.15) is 0 Å². The van der Waals surface area contributed by atoms with Gasteiger partial charge in [0.15, 0.2) is 0 Å². The largest absolute Gasteiger partial charge is 0.346 e. The summed E-state index contributed by atoms with van der Waals surface area (Å²) in [5.41, 5.74) is 1.93. The maximum atomic E-state index is 13.2. The predicted octanol–water partition coefficient (Wildman–Crippen LogP) is 2.96. The highest BCUT2D eigenvalue weighted by molar-refractivity contribution is 8.04. The zero-order valence-corrected chi connectivity index (χ0v) is 17.4. The number of aromatic nitrogens is 3. The summed E-state index contributed by atoms with van der Waals surface area (Å²) < 4.78 is 0. The van der Waals surface area contributed by atoms with Gasteiger partial charge in [0, 0.05) is 30.7 Å². The quantitative estimate of drug-likeness (QED) is 0.588. The standard InChI is InChI=1S/C22H24N6OS/c29-22(27-19(17-7-4-9-23-17)15-5-2-1-3-6-15)18-13-28(11-12-30-18)21-16-8-10-24-20(16)25-14-26-21/h1-3,5-6,8,10,13-14,17,19,23H,4,7,9,11-12H2,(H,27,29)(H,24,25,26)/t17-,19?/m1/s1. The Morgan fingerprint density at radius 2 is 2.13 bits per heavy atom. The van der Waals surface area contributed by atoms with Crippen LogP contribution in [0, 0.1) is 0 Å². The second-order valence-corrected chi connectivity index (χ2v) is 8.67. The van der Waals surface area contributed by atoms with Crippen molar-refractivity contribution in [1.82, 2.24) is 25.6 Å². The van der Waals surface area contributed by atoms with Gasteiger partial charge in [-0.25, -0.2) is 9.97 Å². The molecule has 154 valence electrons. The second-order valence-electron chi connectivity index (χ2n) is 7.54. The number of fused-ring (bicyclic) bond motifs is 1. The topological polar surface area (TPSA) is 85.9 Å². The van der Waals surface area contributed by atoms with Gasteiger partial charge in [0.25, 0.3) is 5.91 Å². The number of aromatic amines is 1. The molecule has 3 N–H and O–H groups in total. The number of carbonyl (C=O) groups is 1. The van der Waals surface area contributed by atoms with E-state index in [1.807, 2.05) is 36.7 Å². The molecule has 2 aliphatic heterocycles. The van der Waals surface area contributed by atoms with Crippen LogP contribution >= 0.6 is 11.8 Å². The lowest BCUT2D eigenvalue weighted by Gasteiger charge is -2.28. The van der Waals surface area contributed by atoms with Crippen molar-refractivity contribution in [2.24, 2.45) is 0 Å². The number of H-pyrrole nitrogens is 1. The Balaban J connectivity index is 1.39. The number of nitrogens with zero attached hydrogens (tertiary/aromatic N) is 3. The molecule has 7 nitrogen and oxygen atoms in total. The van der Waals surface area contributed by atoms with E-state index in [1.54, 1.807) is 18.1 Å². The molecule has 1 amide bonds. The molecule has 4 heterocycles. The highest BCUT2D eigenvalue weighted by atomic mass is 32.2. The fourth-order valence-electron chi connectivity index (χ4n) is 4.16. The van der Waals surface area contributed by atoms with Gasteiger partial charge in [0.2, 0.25) is 0 Å². The summed E-state index contributed by atoms with van der Waals surface area (Å²) in [6, 6.07) is 12.4. The zero-order chi connectivity index (χ0) is 20.3. The van der Waals surface area contributed by atoms with Crippen LogP contribution in [0.1, 0.15) is 24.4 Å². The Labute approximate surface area is 179 Å². The van der Waals surface area contributed by atoms with Gasteiger partial charge in [0.05, 0.1) is 16.3 Å². The van der Waals surface area contributed by atoms with Gasteiger partial charge < -0.3 is 20.5 Å². The van der Waals surface area contributed by atoms with Crippen molar-refractivity contribution in [2.75, 3.05) is 23.7 Å². The molecule has 1 saturated heterocycles. The summed E-state index contributed by atoms with van der Waals surface area (Å²) in [6.45, 7) is 1.79. The van der Waals surface area contributed by atoms with E-state index in [2.05, 4.69) is 42.6 Å². The Kier molecular flexibility index (Phi) is 5.42. The van der Waals surface area contributed by atoms with E-state index >= 15 is 0 Å². The number of hydrogen-bond donors (Lipinski definition) is 3. The molecule has 0 saturated carbocycles. The van der Waals surface area contributed by atoms with Crippen molar-refractivity contribution in [1.29, 1.82) is 0 Å². The van der Waals surface area contributed by atoms with Crippen LogP contribution < -0.4 is 15.5 Å². The molecule has 1 unspecified atom stereocenters. The van der Waals surface area contributed by atoms with Crippen LogP contribution in [0.15, 0.2) is 60.0 Å². The van der Waals surface area contributed by atoms with Crippen LogP contribution in [0.3, 0.4) is 0 Å². The van der Waals surface area contributed by atoms with E-state index < -0.39 is 0 Å². The SMILES string of the molecule is O=C(NC(c1ccccc1)[C@H]1CCCN1)C1=CN(c2ncnc3[nH]ccc23)CCS1. The predicted molar refractivity (Wildman–Crippen MR) is 120 cm³/mol. The minimum atomic E-state index is -0.0477. The maximum absolute atomic E-state index is 13.2. The van der Waals surface area contributed by atoms with Gasteiger partial charge >= 0.3 is 0 Å². The summed E-state index contributed by atoms with van der Waals surface area (Å²) in [7, 11) is 0. The molecular formula is C22H24N6OS. The molecule has 0 aliphatic carbocycles. The number of benzene rings is 1. The minimum Gasteiger partial charge on any atom is -0.346 e. The zero-order valence-electron chi connectivity index (χ0n) is 16.5. The Hall–Kier alpha value is -2.84. The lowest BCUT2D eigenvalue weighted by molar-refractivity contribution is -0.117. The number of anilines is 1. The van der Waals surface area contributed by atoms with E-state index in [0.717, 1.165) is 54.1 Å². The van der Waals surface area contributed by atoms with Crippen LogP contribution in [-0.2, 0) is 4.79 Å². The third-order valence-electron chi connectivity index (χ3n) is 5.64. The minimum absolute atomic E-state index is 0.0355. The number of hydrogen-bond acceptors (Lipinski definition) is 6. The molecule has 2 atom stereocenters. The fraction of sp³-hybridized carbons (Fsp3) is 0.318. The first-order valence-corrected chi connectivity index (χ1v) is 11.3. The molecule has 3 aromatic rings. The van der Waals surface area contributed by atoms with Gasteiger partial charge in [-0.05, 0) is 31.0 Å². The first-order chi connectivity index (χ1) is 14.8. The summed E-state index contributed by atoms with van der Waals surface area (Å²) in [4.78, 5) is 27.8. The highest BCUT2D eigenvalue weighted by Crippen LogP contribution is 2.30. The van der Waals surface area contributed by atoms with Gasteiger partial charge in [0.1, 0.15) is 17.8 Å². The Morgan fingerprint density at radius 1 is 1.23 bits per heavy atom. The lowest BCUT2D eigenvalue weighted by atomic mass is 9.98. The van der Waals surface area contributed by atoms with Crippen molar-refractivity contribution in [3.8, 4) is 0 Å². The molecule has 1 fully saturated rings. The van der Waals surface area contributed by atoms with Crippen LogP contribution in [0.2, 0.25) is 0 Å². The molecule has 1 aromatic carbocycles. The smallest absolute Gasteiger partial charge is 0.259 e. The van der Waals surface area contributed by atoms with Crippen LogP contribution in [0.5, 0.6) is 0 Å². The molecule has 2 aliphatic rings. The van der Waals surface area contributed by atoms with Crippen molar-refractivity contribution >= 4 is 34.5 Å². The molecule has 0 bridgehead atoms. The summed E-state index contributed by atoms with van der Waals surface area (Å²) in [5.74, 6) is 1.61. The second kappa shape index (κ2) is 8.49. The van der Waals surface area contributed by atoms with Crippen molar-refractivity contribution in [3.63, 3.8) is 0 Å². The Morgan fingerprint density at radius 3 is 2.97 bits per heavy atom. The average Bonchev–Trinajstić information content (AvgIpc) is 3.50. The summed E-state index contributed by atoms with van der Waals surface area (Å²) in [6.07, 6.45) is 7.53. The number of carbonyl (C=O) groups excluding carboxylic acids is 1. The Bertz CT molecular complexity index is 1060. The van der Waals surface area contributed by atoms with Crippen LogP contribution in [0.4, 0.5) is 5.82 Å². The third kappa shape index (κ3) is 3.80. The first-order valence-electron chi connectivity index (χ1n) is 10.3. The number of thioether (sulfide) groups is 1. The van der Waals surface area contributed by atoms with E-state index in [4.69, 9.17) is 0 Å². The maximum Gasteiger partial charge on any atom is 0.259 e. The normalized spacial score (nSPS) is 20.2. The molecule has 5 rings (SSSR count). The van der Waals surface area contributed by atoms with Gasteiger partial charge in [-0.3, -0.25) is 4.79 Å². The summed E-state index contributed by atoms with van der Waals surface area (Å²) in [5, 5.41) is 7.79. The van der Waals surface area contributed by atoms with E-state index in [9.17, 15) is 4.79 Å². The van der Waals surface area contributed by atoms with E-state index in [0.29, 0.717) is 4.91 Å².